The molecule has 0 aromatic carbocycles. The van der Waals surface area contributed by atoms with Crippen molar-refractivity contribution in [1.29, 1.82) is 0 Å². The standard InChI is InChI=1S/C9H13N7.3ClH/c10-7-6-8(15-9(11)14-7)16(4-13-6)5-1-2-12-3-5;;;/h4-5,12H,1-3H2,(H4,10,11,14,15);3*1H. The number of hydrogen-bond donors (Lipinski definition) is 3. The second kappa shape index (κ2) is 6.95. The number of imidazole rings is 1. The van der Waals surface area contributed by atoms with Crippen LogP contribution in [0.25, 0.3) is 11.2 Å². The Balaban J connectivity index is 0.00000108. The topological polar surface area (TPSA) is 108 Å². The molecule has 1 saturated heterocycles. The van der Waals surface area contributed by atoms with Gasteiger partial charge in [0.25, 0.3) is 0 Å². The Kier molecular flexibility index (Phi) is 6.58. The Morgan fingerprint density at radius 1 is 1.21 bits per heavy atom. The molecule has 0 aliphatic carbocycles. The molecule has 1 fully saturated rings. The molecule has 1 atom stereocenters. The van der Waals surface area contributed by atoms with Crippen molar-refractivity contribution in [2.75, 3.05) is 24.6 Å². The number of hydrogen-bond acceptors (Lipinski definition) is 6. The molecule has 3 heterocycles. The number of nitrogens with zero attached hydrogens (tertiary/aromatic N) is 4. The van der Waals surface area contributed by atoms with Crippen LogP contribution in [0.15, 0.2) is 6.33 Å². The van der Waals surface area contributed by atoms with E-state index >= 15 is 0 Å². The normalized spacial score (nSPS) is 17.4. The highest BCUT2D eigenvalue weighted by Crippen LogP contribution is 2.23. The van der Waals surface area contributed by atoms with Gasteiger partial charge in [0.15, 0.2) is 11.5 Å². The van der Waals surface area contributed by atoms with E-state index in [2.05, 4.69) is 20.3 Å². The molecule has 0 saturated carbocycles. The van der Waals surface area contributed by atoms with Crippen LogP contribution in [0.2, 0.25) is 0 Å². The van der Waals surface area contributed by atoms with E-state index in [-0.39, 0.29) is 43.2 Å². The van der Waals surface area contributed by atoms with Gasteiger partial charge in [0.1, 0.15) is 5.52 Å². The fourth-order valence-electron chi connectivity index (χ4n) is 2.10. The second-order valence-electron chi connectivity index (χ2n) is 3.94. The van der Waals surface area contributed by atoms with Gasteiger partial charge in [-0.15, -0.1) is 37.2 Å². The molecule has 1 unspecified atom stereocenters. The van der Waals surface area contributed by atoms with Gasteiger partial charge in [-0.3, -0.25) is 0 Å². The molecule has 1 aliphatic heterocycles. The van der Waals surface area contributed by atoms with Crippen molar-refractivity contribution in [2.45, 2.75) is 12.5 Å². The Morgan fingerprint density at radius 3 is 2.58 bits per heavy atom. The molecule has 0 amide bonds. The summed E-state index contributed by atoms with van der Waals surface area (Å²) in [7, 11) is 0. The smallest absolute Gasteiger partial charge is 0.224 e. The molecule has 7 nitrogen and oxygen atoms in total. The van der Waals surface area contributed by atoms with Crippen molar-refractivity contribution in [1.82, 2.24) is 24.8 Å². The number of nitrogen functional groups attached to an aromatic ring is 2. The summed E-state index contributed by atoms with van der Waals surface area (Å²) in [5, 5.41) is 3.30. The summed E-state index contributed by atoms with van der Waals surface area (Å²) in [6, 6.07) is 0.374. The van der Waals surface area contributed by atoms with E-state index in [1.807, 2.05) is 4.57 Å². The summed E-state index contributed by atoms with van der Waals surface area (Å²) < 4.78 is 2.02. The molecular formula is C9H16Cl3N7. The third-order valence-electron chi connectivity index (χ3n) is 2.89. The first-order valence-electron chi connectivity index (χ1n) is 5.22. The molecule has 108 valence electrons. The van der Waals surface area contributed by atoms with Gasteiger partial charge >= 0.3 is 0 Å². The lowest BCUT2D eigenvalue weighted by molar-refractivity contribution is 0.558. The summed E-state index contributed by atoms with van der Waals surface area (Å²) in [4.78, 5) is 12.3. The summed E-state index contributed by atoms with van der Waals surface area (Å²) >= 11 is 0. The number of nitrogens with one attached hydrogen (secondary N) is 1. The molecule has 2 aromatic heterocycles. The van der Waals surface area contributed by atoms with Crippen molar-refractivity contribution in [3.63, 3.8) is 0 Å². The van der Waals surface area contributed by atoms with Gasteiger partial charge < -0.3 is 21.4 Å². The van der Waals surface area contributed by atoms with Gasteiger partial charge in [-0.05, 0) is 13.0 Å². The first-order chi connectivity index (χ1) is 7.75. The summed E-state index contributed by atoms with van der Waals surface area (Å²) in [5.41, 5.74) is 12.7. The third-order valence-corrected chi connectivity index (χ3v) is 2.89. The van der Waals surface area contributed by atoms with E-state index in [0.29, 0.717) is 17.4 Å². The highest BCUT2D eigenvalue weighted by molar-refractivity contribution is 5.86. The highest BCUT2D eigenvalue weighted by Gasteiger charge is 2.20. The van der Waals surface area contributed by atoms with Crippen molar-refractivity contribution < 1.29 is 0 Å². The molecule has 3 rings (SSSR count). The zero-order chi connectivity index (χ0) is 11.1. The maximum atomic E-state index is 5.75. The van der Waals surface area contributed by atoms with Crippen molar-refractivity contribution >= 4 is 60.2 Å². The average Bonchev–Trinajstić information content (AvgIpc) is 2.83. The maximum absolute atomic E-state index is 5.75. The van der Waals surface area contributed by atoms with Gasteiger partial charge in [0.2, 0.25) is 5.95 Å². The van der Waals surface area contributed by atoms with E-state index in [1.165, 1.54) is 0 Å². The van der Waals surface area contributed by atoms with Crippen molar-refractivity contribution in [2.24, 2.45) is 0 Å². The minimum Gasteiger partial charge on any atom is -0.382 e. The summed E-state index contributed by atoms with van der Waals surface area (Å²) in [6.45, 7) is 1.94. The number of fused-ring (bicyclic) bond motifs is 1. The van der Waals surface area contributed by atoms with Crippen molar-refractivity contribution in [3.05, 3.63) is 6.33 Å². The maximum Gasteiger partial charge on any atom is 0.224 e. The third kappa shape index (κ3) is 3.11. The number of halogens is 3. The highest BCUT2D eigenvalue weighted by atomic mass is 35.5. The molecule has 5 N–H and O–H groups in total. The fourth-order valence-corrected chi connectivity index (χ4v) is 2.10. The SMILES string of the molecule is Cl.Cl.Cl.Nc1nc(N)c2ncn(C3CCNC3)c2n1. The van der Waals surface area contributed by atoms with Crippen LogP contribution >= 0.6 is 37.2 Å². The van der Waals surface area contributed by atoms with E-state index in [4.69, 9.17) is 11.5 Å². The monoisotopic (exact) mass is 327 g/mol. The number of anilines is 2. The second-order valence-corrected chi connectivity index (χ2v) is 3.94. The van der Waals surface area contributed by atoms with Gasteiger partial charge in [-0.25, -0.2) is 4.98 Å². The molecule has 1 aliphatic rings. The largest absolute Gasteiger partial charge is 0.382 e. The van der Waals surface area contributed by atoms with Crippen molar-refractivity contribution in [3.8, 4) is 0 Å². The van der Waals surface area contributed by atoms with Gasteiger partial charge in [0.05, 0.1) is 12.4 Å². The first-order valence-corrected chi connectivity index (χ1v) is 5.22. The molecule has 0 radical (unpaired) electrons. The van der Waals surface area contributed by atoms with Crippen LogP contribution in [-0.2, 0) is 0 Å². The van der Waals surface area contributed by atoms with Crippen LogP contribution in [-0.4, -0.2) is 32.6 Å². The number of rotatable bonds is 1. The lowest BCUT2D eigenvalue weighted by Gasteiger charge is -2.10. The Morgan fingerprint density at radius 2 is 1.95 bits per heavy atom. The Hall–Kier alpha value is -1.02. The molecule has 0 bridgehead atoms. The lowest BCUT2D eigenvalue weighted by Crippen LogP contribution is -2.13. The van der Waals surface area contributed by atoms with E-state index < -0.39 is 0 Å². The molecular weight excluding hydrogens is 313 g/mol. The molecule has 19 heavy (non-hydrogen) atoms. The Labute approximate surface area is 128 Å². The minimum atomic E-state index is 0. The molecule has 10 heteroatoms. The van der Waals surface area contributed by atoms with Crippen LogP contribution < -0.4 is 16.8 Å². The zero-order valence-electron chi connectivity index (χ0n) is 9.94. The zero-order valence-corrected chi connectivity index (χ0v) is 12.4. The number of aromatic nitrogens is 4. The average molecular weight is 329 g/mol. The molecule has 0 spiro atoms. The van der Waals surface area contributed by atoms with Crippen LogP contribution in [0.4, 0.5) is 11.8 Å². The van der Waals surface area contributed by atoms with Gasteiger partial charge in [-0.1, -0.05) is 0 Å². The van der Waals surface area contributed by atoms with Gasteiger partial charge in [-0.2, -0.15) is 9.97 Å². The van der Waals surface area contributed by atoms with Crippen LogP contribution in [0.5, 0.6) is 0 Å². The van der Waals surface area contributed by atoms with Crippen LogP contribution in [0.1, 0.15) is 12.5 Å². The summed E-state index contributed by atoms with van der Waals surface area (Å²) in [6.07, 6.45) is 2.82. The predicted octanol–water partition coefficient (Wildman–Crippen LogP) is 0.791. The van der Waals surface area contributed by atoms with E-state index in [0.717, 1.165) is 25.2 Å². The van der Waals surface area contributed by atoms with Gasteiger partial charge in [0, 0.05) is 6.54 Å². The summed E-state index contributed by atoms with van der Waals surface area (Å²) in [5.74, 6) is 0.532. The van der Waals surface area contributed by atoms with Crippen LogP contribution in [0.3, 0.4) is 0 Å². The first kappa shape index (κ1) is 18.0. The molecule has 2 aromatic rings. The van der Waals surface area contributed by atoms with E-state index in [1.54, 1.807) is 6.33 Å². The fraction of sp³-hybridized carbons (Fsp3) is 0.444. The minimum absolute atomic E-state index is 0. The Bertz CT molecular complexity index is 538. The quantitative estimate of drug-likeness (QED) is 0.714. The predicted molar refractivity (Wildman–Crippen MR) is 82.4 cm³/mol. The van der Waals surface area contributed by atoms with E-state index in [9.17, 15) is 0 Å². The van der Waals surface area contributed by atoms with Crippen LogP contribution in [0, 0.1) is 0 Å². The number of nitrogens with two attached hydrogens (primary N) is 2. The lowest BCUT2D eigenvalue weighted by atomic mass is 10.2.